The second kappa shape index (κ2) is 10.9. The Morgan fingerprint density at radius 1 is 1.11 bits per heavy atom. The molecule has 38 heavy (non-hydrogen) atoms. The van der Waals surface area contributed by atoms with E-state index in [1.54, 1.807) is 20.0 Å². The second-order valence-electron chi connectivity index (χ2n) is 10.7. The molecule has 0 radical (unpaired) electrons. The van der Waals surface area contributed by atoms with Gasteiger partial charge >= 0.3 is 0 Å². The molecule has 1 aliphatic carbocycles. The van der Waals surface area contributed by atoms with Crippen molar-refractivity contribution < 1.29 is 20.1 Å². The van der Waals surface area contributed by atoms with Crippen molar-refractivity contribution in [1.29, 1.82) is 0 Å². The van der Waals surface area contributed by atoms with Gasteiger partial charge < -0.3 is 30.7 Å². The summed E-state index contributed by atoms with van der Waals surface area (Å²) in [6.45, 7) is 12.0. The van der Waals surface area contributed by atoms with Gasteiger partial charge in [-0.05, 0) is 40.2 Å². The molecule has 206 valence electrons. The van der Waals surface area contributed by atoms with E-state index in [0.717, 1.165) is 65.0 Å². The normalized spacial score (nSPS) is 24.7. The van der Waals surface area contributed by atoms with Crippen molar-refractivity contribution in [3.63, 3.8) is 0 Å². The van der Waals surface area contributed by atoms with E-state index < -0.39 is 29.8 Å². The van der Waals surface area contributed by atoms with E-state index in [1.807, 2.05) is 19.9 Å². The van der Waals surface area contributed by atoms with Gasteiger partial charge in [-0.2, -0.15) is 4.98 Å². The number of aryl methyl sites for hydroxylation is 2. The fourth-order valence-corrected chi connectivity index (χ4v) is 6.42. The molecular weight excluding hydrogens is 506 g/mol. The van der Waals surface area contributed by atoms with Crippen molar-refractivity contribution in [2.75, 3.05) is 50.0 Å². The van der Waals surface area contributed by atoms with Crippen molar-refractivity contribution in [3.05, 3.63) is 23.7 Å². The van der Waals surface area contributed by atoms with Crippen LogP contribution in [0.4, 0.5) is 11.8 Å². The first kappa shape index (κ1) is 27.1. The number of nitrogens with one attached hydrogen (secondary N) is 2. The fraction of sp³-hybridized carbons (Fsp3) is 0.615. The number of aromatic nitrogens is 4. The molecule has 0 aromatic carbocycles. The molecule has 0 amide bonds. The SMILES string of the molecule is Cc1nc(NCCN2CCOCC2)nc(NC2C[C@H](C(C)(C)O)[C@@H](O)[C@H]2O)c1-c1nc2c(C)nccc2s1. The molecule has 11 nitrogen and oxygen atoms in total. The third kappa shape index (κ3) is 5.61. The Hall–Kier alpha value is -2.48. The summed E-state index contributed by atoms with van der Waals surface area (Å²) < 4.78 is 6.45. The smallest absolute Gasteiger partial charge is 0.224 e. The van der Waals surface area contributed by atoms with Gasteiger partial charge in [0.2, 0.25) is 5.95 Å². The number of aliphatic hydroxyl groups excluding tert-OH is 2. The number of anilines is 2. The maximum absolute atomic E-state index is 10.9. The van der Waals surface area contributed by atoms with Crippen LogP contribution in [-0.4, -0.2) is 103 Å². The molecule has 5 rings (SSSR count). The first-order valence-corrected chi connectivity index (χ1v) is 13.9. The highest BCUT2D eigenvalue weighted by Gasteiger charge is 2.48. The summed E-state index contributed by atoms with van der Waals surface area (Å²) in [4.78, 5) is 21.1. The lowest BCUT2D eigenvalue weighted by atomic mass is 9.88. The number of nitrogens with zero attached hydrogens (tertiary/aromatic N) is 5. The summed E-state index contributed by atoms with van der Waals surface area (Å²) in [6.07, 6.45) is 0.0449. The van der Waals surface area contributed by atoms with Crippen LogP contribution in [0.15, 0.2) is 12.3 Å². The van der Waals surface area contributed by atoms with E-state index >= 15 is 0 Å². The number of fused-ring (bicyclic) bond motifs is 1. The average molecular weight is 544 g/mol. The third-order valence-electron chi connectivity index (χ3n) is 7.52. The molecule has 3 aromatic heterocycles. The zero-order chi connectivity index (χ0) is 27.0. The lowest BCUT2D eigenvalue weighted by molar-refractivity contribution is -0.0601. The summed E-state index contributed by atoms with van der Waals surface area (Å²) in [7, 11) is 0. The number of thiazole rings is 1. The van der Waals surface area contributed by atoms with Gasteiger partial charge in [-0.25, -0.2) is 9.97 Å². The van der Waals surface area contributed by atoms with Crippen LogP contribution in [0.3, 0.4) is 0 Å². The molecule has 1 unspecified atom stereocenters. The largest absolute Gasteiger partial charge is 0.390 e. The molecule has 5 N–H and O–H groups in total. The predicted octanol–water partition coefficient (Wildman–Crippen LogP) is 1.80. The zero-order valence-corrected chi connectivity index (χ0v) is 23.1. The zero-order valence-electron chi connectivity index (χ0n) is 22.3. The van der Waals surface area contributed by atoms with Crippen LogP contribution < -0.4 is 10.6 Å². The highest BCUT2D eigenvalue weighted by atomic mass is 32.1. The molecule has 4 atom stereocenters. The first-order chi connectivity index (χ1) is 18.1. The standard InChI is InChI=1S/C26H37N7O4S/c1-14-19(24-31-20-15(2)27-6-5-18(20)38-24)23(30-17-13-16(26(3,4)36)21(34)22(17)35)32-25(29-14)28-7-8-33-9-11-37-12-10-33/h5-6,16-17,21-22,34-36H,7-13H2,1-4H3,(H2,28,29,30,32)/t16-,17?,21+,22-/m0/s1. The molecule has 2 aliphatic rings. The van der Waals surface area contributed by atoms with Gasteiger partial charge in [-0.15, -0.1) is 11.3 Å². The van der Waals surface area contributed by atoms with Crippen molar-refractivity contribution >= 4 is 33.3 Å². The lowest BCUT2D eigenvalue weighted by Gasteiger charge is -2.28. The molecule has 1 aliphatic heterocycles. The van der Waals surface area contributed by atoms with E-state index in [9.17, 15) is 15.3 Å². The number of hydrogen-bond acceptors (Lipinski definition) is 12. The molecule has 3 aromatic rings. The maximum atomic E-state index is 10.9. The molecule has 12 heteroatoms. The summed E-state index contributed by atoms with van der Waals surface area (Å²) in [5, 5.41) is 39.6. The van der Waals surface area contributed by atoms with E-state index in [4.69, 9.17) is 19.7 Å². The molecule has 0 bridgehead atoms. The van der Waals surface area contributed by atoms with Crippen LogP contribution in [0.5, 0.6) is 0 Å². The van der Waals surface area contributed by atoms with Gasteiger partial charge in [0.1, 0.15) is 22.4 Å². The van der Waals surface area contributed by atoms with Crippen LogP contribution in [-0.2, 0) is 4.74 Å². The average Bonchev–Trinajstić information content (AvgIpc) is 3.42. The Morgan fingerprint density at radius 2 is 1.87 bits per heavy atom. The Balaban J connectivity index is 1.46. The van der Waals surface area contributed by atoms with E-state index in [1.165, 1.54) is 11.3 Å². The minimum atomic E-state index is -1.13. The van der Waals surface area contributed by atoms with Crippen molar-refractivity contribution in [3.8, 4) is 10.6 Å². The number of aliphatic hydroxyl groups is 3. The van der Waals surface area contributed by atoms with Gasteiger partial charge in [0.15, 0.2) is 0 Å². The van der Waals surface area contributed by atoms with Gasteiger partial charge in [-0.3, -0.25) is 9.88 Å². The van der Waals surface area contributed by atoms with Gasteiger partial charge in [0.25, 0.3) is 0 Å². The van der Waals surface area contributed by atoms with E-state index in [0.29, 0.717) is 24.7 Å². The van der Waals surface area contributed by atoms with Crippen LogP contribution >= 0.6 is 11.3 Å². The number of rotatable bonds is 8. The molecular formula is C26H37N7O4S. The van der Waals surface area contributed by atoms with Gasteiger partial charge in [0, 0.05) is 38.3 Å². The summed E-state index contributed by atoms with van der Waals surface area (Å²) >= 11 is 1.54. The maximum Gasteiger partial charge on any atom is 0.224 e. The molecule has 4 heterocycles. The summed E-state index contributed by atoms with van der Waals surface area (Å²) in [5.74, 6) is 0.528. The molecule has 2 fully saturated rings. The summed E-state index contributed by atoms with van der Waals surface area (Å²) in [5.41, 5.74) is 2.04. The Kier molecular flexibility index (Phi) is 7.81. The van der Waals surface area contributed by atoms with Crippen molar-refractivity contribution in [2.24, 2.45) is 5.92 Å². The van der Waals surface area contributed by atoms with Crippen LogP contribution in [0.1, 0.15) is 31.7 Å². The van der Waals surface area contributed by atoms with Gasteiger partial charge in [-0.1, -0.05) is 0 Å². The number of hydrogen-bond donors (Lipinski definition) is 5. The lowest BCUT2D eigenvalue weighted by Crippen LogP contribution is -2.40. The van der Waals surface area contributed by atoms with Gasteiger partial charge in [0.05, 0.1) is 52.6 Å². The van der Waals surface area contributed by atoms with E-state index in [2.05, 4.69) is 20.5 Å². The summed E-state index contributed by atoms with van der Waals surface area (Å²) in [6, 6.07) is 1.44. The van der Waals surface area contributed by atoms with Crippen LogP contribution in [0.2, 0.25) is 0 Å². The highest BCUT2D eigenvalue weighted by Crippen LogP contribution is 2.40. The molecule has 1 saturated heterocycles. The second-order valence-corrected chi connectivity index (χ2v) is 11.8. The predicted molar refractivity (Wildman–Crippen MR) is 147 cm³/mol. The number of morpholine rings is 1. The molecule has 0 spiro atoms. The number of pyridine rings is 1. The topological polar surface area (TPSA) is 149 Å². The number of ether oxygens (including phenoxy) is 1. The highest BCUT2D eigenvalue weighted by molar-refractivity contribution is 7.21. The Morgan fingerprint density at radius 3 is 2.55 bits per heavy atom. The monoisotopic (exact) mass is 543 g/mol. The van der Waals surface area contributed by atoms with Crippen molar-refractivity contribution in [1.82, 2.24) is 24.8 Å². The van der Waals surface area contributed by atoms with E-state index in [-0.39, 0.29) is 0 Å². The van der Waals surface area contributed by atoms with Crippen molar-refractivity contribution in [2.45, 2.75) is 58.0 Å². The van der Waals surface area contributed by atoms with Crippen LogP contribution in [0, 0.1) is 19.8 Å². The van der Waals surface area contributed by atoms with Crippen LogP contribution in [0.25, 0.3) is 20.8 Å². The fourth-order valence-electron chi connectivity index (χ4n) is 5.31. The minimum absolute atomic E-state index is 0.386. The first-order valence-electron chi connectivity index (χ1n) is 13.1. The minimum Gasteiger partial charge on any atom is -0.390 e. The third-order valence-corrected chi connectivity index (χ3v) is 8.56. The quantitative estimate of drug-likeness (QED) is 0.283. The molecule has 1 saturated carbocycles. The Labute approximate surface area is 226 Å². The Bertz CT molecular complexity index is 1270.